The van der Waals surface area contributed by atoms with Gasteiger partial charge in [-0.3, -0.25) is 28.8 Å². The number of hydrogen-bond acceptors (Lipinski definition) is 18. The van der Waals surface area contributed by atoms with Gasteiger partial charge in [-0.1, -0.05) is 0 Å². The molecule has 0 radical (unpaired) electrons. The molecule has 4 rings (SSSR count). The highest BCUT2D eigenvalue weighted by atomic mass is 16.8. The Morgan fingerprint density at radius 2 is 1.29 bits per heavy atom. The summed E-state index contributed by atoms with van der Waals surface area (Å²) in [6, 6.07) is 6.01. The Morgan fingerprint density at radius 1 is 0.686 bits per heavy atom. The van der Waals surface area contributed by atoms with Crippen LogP contribution in [0.2, 0.25) is 0 Å². The Kier molecular flexibility index (Phi) is 13.4. The second-order valence-electron chi connectivity index (χ2n) is 11.8. The lowest BCUT2D eigenvalue weighted by molar-refractivity contribution is -0.352. The number of Topliss-reactive ketones (excluding diaryl/α,β-unsaturated/α-hetero) is 1. The molecular formula is C33H40O18. The lowest BCUT2D eigenvalue weighted by atomic mass is 9.80. The van der Waals surface area contributed by atoms with Crippen LogP contribution >= 0.6 is 0 Å². The molecule has 3 aliphatic rings. The molecule has 3 aliphatic heterocycles. The number of carbonyl (C=O) groups excluding carboxylic acids is 7. The maximum atomic E-state index is 13.7. The first kappa shape index (κ1) is 39.1. The van der Waals surface area contributed by atoms with Crippen LogP contribution in [-0.2, 0) is 76.1 Å². The van der Waals surface area contributed by atoms with Crippen molar-refractivity contribution >= 4 is 41.6 Å². The molecule has 3 heterocycles. The number of benzene rings is 1. The van der Waals surface area contributed by atoms with Crippen LogP contribution in [0, 0.1) is 11.8 Å². The standard InChI is InChI=1S/C33H40O18/c1-15(34)43-14-24-27(45-16(2)35)28(46-17(3)36)29(47-18(4)37)33(49-24)51-31-25-22(11-12-42-31)26(32(48-19(5)38)44-13-23(25)39)50-30(40)20-7-9-21(41-6)10-8-20/h7-10,22,24-29,31-33H,11-14H2,1-6H3/t22-,24-,25+,26+,27-,28+,29-,31-,32+,33+/m1/s1. The second-order valence-corrected chi connectivity index (χ2v) is 11.8. The zero-order valence-electron chi connectivity index (χ0n) is 28.8. The van der Waals surface area contributed by atoms with Crippen LogP contribution in [-0.4, -0.2) is 118 Å². The molecule has 1 aromatic rings. The van der Waals surface area contributed by atoms with E-state index in [9.17, 15) is 33.6 Å². The number of methoxy groups -OCH3 is 1. The summed E-state index contributed by atoms with van der Waals surface area (Å²) >= 11 is 0. The molecule has 0 N–H and O–H groups in total. The van der Waals surface area contributed by atoms with Gasteiger partial charge >= 0.3 is 35.8 Å². The molecule has 0 saturated carbocycles. The number of ether oxygens (including phenoxy) is 11. The second kappa shape index (κ2) is 17.5. The highest BCUT2D eigenvalue weighted by molar-refractivity contribution is 5.90. The summed E-state index contributed by atoms with van der Waals surface area (Å²) in [5.74, 6) is -7.13. The Labute approximate surface area is 292 Å². The molecular weight excluding hydrogens is 684 g/mol. The van der Waals surface area contributed by atoms with Crippen molar-refractivity contribution in [1.82, 2.24) is 0 Å². The fourth-order valence-corrected chi connectivity index (χ4v) is 6.00. The van der Waals surface area contributed by atoms with Gasteiger partial charge in [0.1, 0.15) is 25.1 Å². The van der Waals surface area contributed by atoms with Gasteiger partial charge in [0.25, 0.3) is 0 Å². The molecule has 3 fully saturated rings. The molecule has 0 amide bonds. The summed E-state index contributed by atoms with van der Waals surface area (Å²) in [5.41, 5.74) is 0.127. The minimum Gasteiger partial charge on any atom is -0.497 e. The van der Waals surface area contributed by atoms with Crippen molar-refractivity contribution < 1.29 is 85.7 Å². The van der Waals surface area contributed by atoms with Gasteiger partial charge in [0.05, 0.1) is 25.2 Å². The molecule has 0 aromatic heterocycles. The molecule has 18 heteroatoms. The number of fused-ring (bicyclic) bond motifs is 1. The zero-order chi connectivity index (χ0) is 37.4. The fourth-order valence-electron chi connectivity index (χ4n) is 6.00. The van der Waals surface area contributed by atoms with E-state index in [0.717, 1.165) is 34.6 Å². The molecule has 280 valence electrons. The first-order valence-electron chi connectivity index (χ1n) is 15.9. The average Bonchev–Trinajstić information content (AvgIpc) is 3.18. The highest BCUT2D eigenvalue weighted by Gasteiger charge is 2.56. The van der Waals surface area contributed by atoms with Gasteiger partial charge in [-0.15, -0.1) is 0 Å². The van der Waals surface area contributed by atoms with Crippen molar-refractivity contribution in [2.45, 2.75) is 90.4 Å². The third-order valence-electron chi connectivity index (χ3n) is 8.01. The summed E-state index contributed by atoms with van der Waals surface area (Å²) in [4.78, 5) is 87.5. The van der Waals surface area contributed by atoms with Crippen LogP contribution in [0.25, 0.3) is 0 Å². The van der Waals surface area contributed by atoms with Crippen molar-refractivity contribution in [3.8, 4) is 5.75 Å². The van der Waals surface area contributed by atoms with Crippen molar-refractivity contribution in [2.24, 2.45) is 11.8 Å². The summed E-state index contributed by atoms with van der Waals surface area (Å²) < 4.78 is 61.5. The van der Waals surface area contributed by atoms with E-state index in [4.69, 9.17) is 52.1 Å². The highest BCUT2D eigenvalue weighted by Crippen LogP contribution is 2.40. The van der Waals surface area contributed by atoms with Crippen molar-refractivity contribution in [3.05, 3.63) is 29.8 Å². The Morgan fingerprint density at radius 3 is 1.88 bits per heavy atom. The average molecular weight is 725 g/mol. The number of carbonyl (C=O) groups is 7. The van der Waals surface area contributed by atoms with Crippen LogP contribution in [0.4, 0.5) is 0 Å². The summed E-state index contributed by atoms with van der Waals surface area (Å²) in [5, 5.41) is 0. The smallest absolute Gasteiger partial charge is 0.338 e. The molecule has 3 saturated heterocycles. The third kappa shape index (κ3) is 10.2. The number of hydrogen-bond donors (Lipinski definition) is 0. The molecule has 0 bridgehead atoms. The minimum absolute atomic E-state index is 0.0756. The predicted molar refractivity (Wildman–Crippen MR) is 163 cm³/mol. The monoisotopic (exact) mass is 724 g/mol. The molecule has 0 aliphatic carbocycles. The van der Waals surface area contributed by atoms with E-state index in [1.165, 1.54) is 19.2 Å². The van der Waals surface area contributed by atoms with Gasteiger partial charge in [-0.25, -0.2) is 4.79 Å². The lowest BCUT2D eigenvalue weighted by Crippen LogP contribution is -2.64. The molecule has 1 aromatic carbocycles. The predicted octanol–water partition coefficient (Wildman–Crippen LogP) is 0.788. The maximum absolute atomic E-state index is 13.7. The van der Waals surface area contributed by atoms with Crippen LogP contribution in [0.5, 0.6) is 5.75 Å². The first-order chi connectivity index (χ1) is 24.2. The maximum Gasteiger partial charge on any atom is 0.338 e. The van der Waals surface area contributed by atoms with E-state index in [2.05, 4.69) is 0 Å². The molecule has 0 unspecified atom stereocenters. The largest absolute Gasteiger partial charge is 0.497 e. The first-order valence-corrected chi connectivity index (χ1v) is 15.9. The van der Waals surface area contributed by atoms with Gasteiger partial charge in [-0.05, 0) is 30.7 Å². The van der Waals surface area contributed by atoms with E-state index in [1.807, 2.05) is 0 Å². The molecule has 51 heavy (non-hydrogen) atoms. The SMILES string of the molecule is COc1ccc(C(=O)O[C@@H]2[C@H](OC(C)=O)OCC(=O)[C@H]3[C@@H](O[C@@H]4O[C@H](COC(C)=O)[C@@H](OC(C)=O)[C@H](OC(C)=O)[C@H]4OC(C)=O)OCC[C@@H]23)cc1. The number of rotatable bonds is 11. The fraction of sp³-hybridized carbons (Fsp3) is 0.606. The lowest BCUT2D eigenvalue weighted by Gasteiger charge is -2.46. The molecule has 0 spiro atoms. The quantitative estimate of drug-likeness (QED) is 0.227. The number of esters is 6. The van der Waals surface area contributed by atoms with Crippen LogP contribution < -0.4 is 4.74 Å². The van der Waals surface area contributed by atoms with Crippen LogP contribution in [0.15, 0.2) is 24.3 Å². The molecule has 10 atom stereocenters. The van der Waals surface area contributed by atoms with Crippen LogP contribution in [0.3, 0.4) is 0 Å². The minimum atomic E-state index is -1.68. The Balaban J connectivity index is 1.70. The van der Waals surface area contributed by atoms with E-state index in [0.29, 0.717) is 5.75 Å². The van der Waals surface area contributed by atoms with Gasteiger partial charge < -0.3 is 52.1 Å². The van der Waals surface area contributed by atoms with Gasteiger partial charge in [0.2, 0.25) is 12.6 Å². The number of ketones is 1. The summed E-state index contributed by atoms with van der Waals surface area (Å²) in [6.45, 7) is 4.24. The third-order valence-corrected chi connectivity index (χ3v) is 8.01. The Hall–Kier alpha value is -4.65. The molecule has 18 nitrogen and oxygen atoms in total. The summed E-state index contributed by atoms with van der Waals surface area (Å²) in [7, 11) is 1.46. The van der Waals surface area contributed by atoms with E-state index in [1.54, 1.807) is 12.1 Å². The summed E-state index contributed by atoms with van der Waals surface area (Å²) in [6.07, 6.45) is -11.9. The van der Waals surface area contributed by atoms with Crippen LogP contribution in [0.1, 0.15) is 51.4 Å². The van der Waals surface area contributed by atoms with Gasteiger partial charge in [0, 0.05) is 40.5 Å². The van der Waals surface area contributed by atoms with E-state index < -0.39 is 116 Å². The topological polar surface area (TPSA) is 221 Å². The van der Waals surface area contributed by atoms with Crippen molar-refractivity contribution in [2.75, 3.05) is 26.9 Å². The van der Waals surface area contributed by atoms with Gasteiger partial charge in [0.15, 0.2) is 36.5 Å². The Bertz CT molecular complexity index is 1460. The van der Waals surface area contributed by atoms with E-state index in [-0.39, 0.29) is 18.6 Å². The van der Waals surface area contributed by atoms with Crippen molar-refractivity contribution in [1.29, 1.82) is 0 Å². The van der Waals surface area contributed by atoms with E-state index >= 15 is 0 Å². The van der Waals surface area contributed by atoms with Crippen molar-refractivity contribution in [3.63, 3.8) is 0 Å². The van der Waals surface area contributed by atoms with Gasteiger partial charge in [-0.2, -0.15) is 0 Å². The normalized spacial score (nSPS) is 30.4. The zero-order valence-corrected chi connectivity index (χ0v) is 28.8.